The van der Waals surface area contributed by atoms with Crippen molar-refractivity contribution in [2.75, 3.05) is 4.90 Å². The minimum atomic E-state index is -0.565. The Labute approximate surface area is 223 Å². The van der Waals surface area contributed by atoms with E-state index < -0.39 is 17.4 Å². The molecule has 0 saturated carbocycles. The zero-order valence-electron chi connectivity index (χ0n) is 20.4. The van der Waals surface area contributed by atoms with Gasteiger partial charge in [0.25, 0.3) is 17.2 Å². The molecule has 0 spiro atoms. The summed E-state index contributed by atoms with van der Waals surface area (Å²) in [5, 5.41) is 3.74. The third-order valence-corrected chi connectivity index (χ3v) is 7.03. The Hall–Kier alpha value is -3.94. The number of halogens is 2. The van der Waals surface area contributed by atoms with Crippen LogP contribution in [0.5, 0.6) is 0 Å². The van der Waals surface area contributed by atoms with Gasteiger partial charge in [-0.05, 0) is 56.7 Å². The van der Waals surface area contributed by atoms with E-state index in [1.165, 1.54) is 4.68 Å². The number of H-pyrrole nitrogens is 1. The highest BCUT2D eigenvalue weighted by Crippen LogP contribution is 2.34. The fourth-order valence-corrected chi connectivity index (χ4v) is 4.74. The van der Waals surface area contributed by atoms with Crippen LogP contribution in [-0.2, 0) is 16.0 Å². The minimum absolute atomic E-state index is 0.0399. The van der Waals surface area contributed by atoms with Crippen molar-refractivity contribution < 1.29 is 14.2 Å². The third-order valence-electron chi connectivity index (χ3n) is 6.29. The molecular formula is C28H23Cl2N4O3+. The van der Waals surface area contributed by atoms with Crippen molar-refractivity contribution in [1.82, 2.24) is 9.78 Å². The quantitative estimate of drug-likeness (QED) is 0.293. The van der Waals surface area contributed by atoms with E-state index >= 15 is 0 Å². The molecule has 5 rings (SSSR count). The number of pyridine rings is 1. The molecule has 1 aliphatic heterocycles. The maximum Gasteiger partial charge on any atom is 0.331 e. The van der Waals surface area contributed by atoms with Crippen LogP contribution in [0, 0.1) is 13.8 Å². The zero-order valence-corrected chi connectivity index (χ0v) is 21.9. The van der Waals surface area contributed by atoms with Gasteiger partial charge >= 0.3 is 5.91 Å². The molecule has 0 fully saturated rings. The van der Waals surface area contributed by atoms with Gasteiger partial charge in [-0.1, -0.05) is 47.8 Å². The highest BCUT2D eigenvalue weighted by molar-refractivity contribution is 6.53. The van der Waals surface area contributed by atoms with Gasteiger partial charge < -0.3 is 0 Å². The average molecular weight is 534 g/mol. The number of benzene rings is 2. The second kappa shape index (κ2) is 9.50. The summed E-state index contributed by atoms with van der Waals surface area (Å²) in [5.41, 5.74) is 3.11. The molecule has 3 heterocycles. The van der Waals surface area contributed by atoms with Crippen LogP contribution in [0.15, 0.2) is 71.8 Å². The van der Waals surface area contributed by atoms with Crippen molar-refractivity contribution in [3.05, 3.63) is 110 Å². The van der Waals surface area contributed by atoms with E-state index in [1.807, 2.05) is 39.0 Å². The van der Waals surface area contributed by atoms with Crippen LogP contribution in [-0.4, -0.2) is 21.6 Å². The van der Waals surface area contributed by atoms with Gasteiger partial charge in [-0.15, -0.1) is 0 Å². The summed E-state index contributed by atoms with van der Waals surface area (Å²) in [5.74, 6) is -1.08. The number of rotatable bonds is 5. The van der Waals surface area contributed by atoms with Crippen LogP contribution in [0.2, 0.25) is 10.0 Å². The average Bonchev–Trinajstić information content (AvgIpc) is 3.33. The molecule has 0 radical (unpaired) electrons. The van der Waals surface area contributed by atoms with Crippen LogP contribution in [0.25, 0.3) is 17.0 Å². The lowest BCUT2D eigenvalue weighted by Gasteiger charge is -2.14. The molecule has 9 heteroatoms. The molecule has 0 unspecified atom stereocenters. The number of anilines is 1. The Bertz CT molecular complexity index is 1670. The number of aryl methyl sites for hydroxylation is 3. The molecule has 2 aromatic heterocycles. The molecule has 7 nitrogen and oxygen atoms in total. The maximum absolute atomic E-state index is 14.0. The number of aromatic nitrogens is 3. The smallest absolute Gasteiger partial charge is 0.294 e. The number of hydrogen-bond donors (Lipinski definition) is 1. The fourth-order valence-electron chi connectivity index (χ4n) is 4.45. The van der Waals surface area contributed by atoms with E-state index in [4.69, 9.17) is 23.2 Å². The fraction of sp³-hybridized carbons (Fsp3) is 0.143. The molecule has 0 saturated heterocycles. The largest absolute Gasteiger partial charge is 0.331 e. The van der Waals surface area contributed by atoms with Gasteiger partial charge in [0.2, 0.25) is 0 Å². The summed E-state index contributed by atoms with van der Waals surface area (Å²) in [6, 6.07) is 15.6. The summed E-state index contributed by atoms with van der Waals surface area (Å²) in [6.45, 7) is 5.68. The van der Waals surface area contributed by atoms with Crippen molar-refractivity contribution in [2.24, 2.45) is 0 Å². The second-order valence-corrected chi connectivity index (χ2v) is 9.67. The molecule has 2 amide bonds. The van der Waals surface area contributed by atoms with Crippen molar-refractivity contribution in [2.45, 2.75) is 27.2 Å². The monoisotopic (exact) mass is 533 g/mol. The first-order valence-corrected chi connectivity index (χ1v) is 12.4. The lowest BCUT2D eigenvalue weighted by molar-refractivity contribution is -0.577. The van der Waals surface area contributed by atoms with E-state index in [9.17, 15) is 14.4 Å². The summed E-state index contributed by atoms with van der Waals surface area (Å²) in [4.78, 5) is 42.8. The molecule has 0 atom stereocenters. The van der Waals surface area contributed by atoms with Gasteiger partial charge in [0.05, 0.1) is 27.0 Å². The molecule has 37 heavy (non-hydrogen) atoms. The predicted molar refractivity (Wildman–Crippen MR) is 144 cm³/mol. The van der Waals surface area contributed by atoms with E-state index in [0.29, 0.717) is 28.5 Å². The van der Waals surface area contributed by atoms with Gasteiger partial charge in [0.15, 0.2) is 12.4 Å². The molecule has 2 aromatic carbocycles. The van der Waals surface area contributed by atoms with Gasteiger partial charge in [0.1, 0.15) is 5.57 Å². The minimum Gasteiger partial charge on any atom is -0.294 e. The Balaban J connectivity index is 1.78. The van der Waals surface area contributed by atoms with Crippen molar-refractivity contribution in [3.8, 4) is 5.69 Å². The molecule has 4 aromatic rings. The summed E-state index contributed by atoms with van der Waals surface area (Å²) >= 11 is 12.3. The van der Waals surface area contributed by atoms with E-state index in [1.54, 1.807) is 53.4 Å². The highest BCUT2D eigenvalue weighted by Gasteiger charge is 2.48. The molecule has 0 bridgehead atoms. The number of nitrogens with one attached hydrogen (secondary N) is 1. The summed E-state index contributed by atoms with van der Waals surface area (Å²) in [6.07, 6.45) is 3.87. The lowest BCUT2D eigenvalue weighted by Crippen LogP contribution is -2.39. The molecule has 0 aliphatic carbocycles. The van der Waals surface area contributed by atoms with Crippen molar-refractivity contribution in [1.29, 1.82) is 0 Å². The highest BCUT2D eigenvalue weighted by atomic mass is 35.5. The number of aromatic amines is 1. The normalized spacial score (nSPS) is 13.7. The van der Waals surface area contributed by atoms with Crippen LogP contribution < -0.4 is 15.0 Å². The second-order valence-electron chi connectivity index (χ2n) is 8.85. The molecule has 186 valence electrons. The number of amides is 2. The predicted octanol–water partition coefficient (Wildman–Crippen LogP) is 4.88. The Morgan fingerprint density at radius 3 is 2.22 bits per heavy atom. The zero-order chi connectivity index (χ0) is 26.4. The first kappa shape index (κ1) is 24.7. The van der Waals surface area contributed by atoms with Crippen LogP contribution >= 0.6 is 23.2 Å². The van der Waals surface area contributed by atoms with Crippen molar-refractivity contribution in [3.63, 3.8) is 0 Å². The first-order valence-electron chi connectivity index (χ1n) is 11.7. The molecule has 1 aliphatic rings. The standard InChI is InChI=1S/C28H22Cl2N4O3/c1-4-22-23(27(36)34(31-22)19-11-12-20(29)21(30)14-19)24-25(32-13-5-6-17(3)15-32)28(37)33(26(24)35)18-9-7-16(2)8-10-18/h5-15H,4H2,1-3H3/p+1. The number of hydrogen-bond acceptors (Lipinski definition) is 3. The van der Waals surface area contributed by atoms with Crippen LogP contribution in [0.4, 0.5) is 5.69 Å². The number of imide groups is 1. The van der Waals surface area contributed by atoms with Gasteiger partial charge in [-0.3, -0.25) is 19.5 Å². The molecule has 1 N–H and O–H groups in total. The van der Waals surface area contributed by atoms with E-state index in [0.717, 1.165) is 16.0 Å². The Morgan fingerprint density at radius 1 is 0.865 bits per heavy atom. The number of nitrogens with zero attached hydrogens (tertiary/aromatic N) is 3. The molecular weight excluding hydrogens is 511 g/mol. The summed E-state index contributed by atoms with van der Waals surface area (Å²) in [7, 11) is 0. The lowest BCUT2D eigenvalue weighted by atomic mass is 10.0. The van der Waals surface area contributed by atoms with E-state index in [2.05, 4.69) is 5.10 Å². The Kier molecular flexibility index (Phi) is 6.35. The van der Waals surface area contributed by atoms with Gasteiger partial charge in [-0.25, -0.2) is 9.58 Å². The van der Waals surface area contributed by atoms with Crippen LogP contribution in [0.1, 0.15) is 29.3 Å². The number of carbonyl (C=O) groups is 2. The van der Waals surface area contributed by atoms with E-state index in [-0.39, 0.29) is 21.9 Å². The van der Waals surface area contributed by atoms with Gasteiger partial charge in [-0.2, -0.15) is 4.57 Å². The topological polar surface area (TPSA) is 79.1 Å². The first-order chi connectivity index (χ1) is 17.7. The van der Waals surface area contributed by atoms with Gasteiger partial charge in [0, 0.05) is 17.3 Å². The van der Waals surface area contributed by atoms with Crippen LogP contribution in [0.3, 0.4) is 0 Å². The SMILES string of the molecule is CCc1[nH]n(-c2ccc(Cl)c(Cl)c2)c(=O)c1C1=C([n+]2cccc(C)c2)C(=O)N(c2ccc(C)cc2)C1=O. The third kappa shape index (κ3) is 4.20. The Morgan fingerprint density at radius 2 is 1.57 bits per heavy atom. The summed E-state index contributed by atoms with van der Waals surface area (Å²) < 4.78 is 2.92. The maximum atomic E-state index is 14.0. The van der Waals surface area contributed by atoms with Crippen molar-refractivity contribution >= 4 is 52.0 Å². The number of carbonyl (C=O) groups excluding carboxylic acids is 2.